The van der Waals surface area contributed by atoms with Gasteiger partial charge in [-0.25, -0.2) is 4.79 Å². The second kappa shape index (κ2) is 8.67. The minimum Gasteiger partial charge on any atom is -0.396 e. The highest BCUT2D eigenvalue weighted by atomic mass is 16.3. The molecule has 2 aromatic rings. The number of hydrogen-bond acceptors (Lipinski definition) is 3. The molecule has 2 unspecified atom stereocenters. The number of carbonyl (C=O) groups is 1. The van der Waals surface area contributed by atoms with E-state index in [1.807, 2.05) is 41.2 Å². The lowest BCUT2D eigenvalue weighted by Crippen LogP contribution is -2.43. The summed E-state index contributed by atoms with van der Waals surface area (Å²) in [5.41, 5.74) is 1.88. The van der Waals surface area contributed by atoms with Crippen molar-refractivity contribution in [1.82, 2.24) is 15.1 Å². The van der Waals surface area contributed by atoms with E-state index in [0.29, 0.717) is 6.54 Å². The van der Waals surface area contributed by atoms with Crippen LogP contribution in [0.25, 0.3) is 0 Å². The van der Waals surface area contributed by atoms with Crippen molar-refractivity contribution in [2.45, 2.75) is 44.7 Å². The first kappa shape index (κ1) is 17.5. The number of hydrogen-bond donors (Lipinski definition) is 3. The lowest BCUT2D eigenvalue weighted by Gasteiger charge is -2.24. The van der Waals surface area contributed by atoms with Gasteiger partial charge in [-0.1, -0.05) is 31.4 Å². The number of urea groups is 1. The van der Waals surface area contributed by atoms with Crippen molar-refractivity contribution in [2.24, 2.45) is 5.92 Å². The summed E-state index contributed by atoms with van der Waals surface area (Å²) >= 11 is 0. The Morgan fingerprint density at radius 2 is 2.00 bits per heavy atom. The molecule has 6 heteroatoms. The van der Waals surface area contributed by atoms with Crippen molar-refractivity contribution in [2.75, 3.05) is 11.9 Å². The van der Waals surface area contributed by atoms with Crippen LogP contribution in [0.1, 0.15) is 37.7 Å². The van der Waals surface area contributed by atoms with E-state index in [4.69, 9.17) is 0 Å². The largest absolute Gasteiger partial charge is 0.396 e. The zero-order chi connectivity index (χ0) is 17.5. The lowest BCUT2D eigenvalue weighted by molar-refractivity contribution is 0.182. The molecule has 1 fully saturated rings. The molecular formula is C19H26N4O2. The smallest absolute Gasteiger partial charge is 0.319 e. The Morgan fingerprint density at radius 1 is 1.20 bits per heavy atom. The average Bonchev–Trinajstić information content (AvgIpc) is 3.02. The van der Waals surface area contributed by atoms with Crippen LogP contribution in [0.5, 0.6) is 0 Å². The van der Waals surface area contributed by atoms with Crippen molar-refractivity contribution < 1.29 is 9.90 Å². The minimum atomic E-state index is -0.204. The Labute approximate surface area is 148 Å². The number of aliphatic hydroxyl groups is 1. The minimum absolute atomic E-state index is 0.0478. The van der Waals surface area contributed by atoms with Gasteiger partial charge < -0.3 is 15.7 Å². The lowest BCUT2D eigenvalue weighted by atomic mass is 9.96. The van der Waals surface area contributed by atoms with Crippen LogP contribution >= 0.6 is 0 Å². The molecule has 0 spiro atoms. The van der Waals surface area contributed by atoms with Crippen LogP contribution in [0.2, 0.25) is 0 Å². The van der Waals surface area contributed by atoms with Crippen LogP contribution in [-0.2, 0) is 6.54 Å². The molecule has 1 aromatic carbocycles. The standard InChI is InChI=1S/C19H26N4O2/c24-14-16-5-2-1-3-6-18(16)22-19(25)21-17-9-7-15(8-10-17)13-23-12-4-11-20-23/h4,7-12,16,18,24H,1-3,5-6,13-14H2,(H2,21,22,25). The van der Waals surface area contributed by atoms with Crippen LogP contribution in [0.4, 0.5) is 10.5 Å². The molecule has 2 amide bonds. The monoisotopic (exact) mass is 342 g/mol. The number of aromatic nitrogens is 2. The predicted octanol–water partition coefficient (Wildman–Crippen LogP) is 2.99. The number of carbonyl (C=O) groups excluding carboxylic acids is 1. The Hall–Kier alpha value is -2.34. The van der Waals surface area contributed by atoms with Crippen molar-refractivity contribution in [3.8, 4) is 0 Å². The molecule has 6 nitrogen and oxygen atoms in total. The van der Waals surface area contributed by atoms with E-state index in [1.165, 1.54) is 6.42 Å². The van der Waals surface area contributed by atoms with E-state index >= 15 is 0 Å². The molecule has 2 atom stereocenters. The third-order valence-corrected chi connectivity index (χ3v) is 4.83. The van der Waals surface area contributed by atoms with Gasteiger partial charge in [-0.3, -0.25) is 4.68 Å². The molecule has 3 N–H and O–H groups in total. The number of benzene rings is 1. The maximum absolute atomic E-state index is 12.3. The highest BCUT2D eigenvalue weighted by Crippen LogP contribution is 2.23. The van der Waals surface area contributed by atoms with E-state index in [-0.39, 0.29) is 24.6 Å². The zero-order valence-electron chi connectivity index (χ0n) is 14.4. The van der Waals surface area contributed by atoms with Crippen molar-refractivity contribution in [1.29, 1.82) is 0 Å². The van der Waals surface area contributed by atoms with Crippen LogP contribution in [0.3, 0.4) is 0 Å². The van der Waals surface area contributed by atoms with Crippen LogP contribution in [-0.4, -0.2) is 33.6 Å². The molecule has 134 valence electrons. The van der Waals surface area contributed by atoms with E-state index < -0.39 is 0 Å². The summed E-state index contributed by atoms with van der Waals surface area (Å²) < 4.78 is 1.86. The summed E-state index contributed by atoms with van der Waals surface area (Å²) in [4.78, 5) is 12.3. The van der Waals surface area contributed by atoms with E-state index in [9.17, 15) is 9.90 Å². The first-order chi connectivity index (χ1) is 12.2. The Bertz CT molecular complexity index is 655. The maximum atomic E-state index is 12.3. The van der Waals surface area contributed by atoms with Gasteiger partial charge in [-0.15, -0.1) is 0 Å². The maximum Gasteiger partial charge on any atom is 0.319 e. The summed E-state index contributed by atoms with van der Waals surface area (Å²) in [6.07, 6.45) is 8.99. The molecule has 1 aliphatic carbocycles. The van der Waals surface area contributed by atoms with Crippen molar-refractivity contribution >= 4 is 11.7 Å². The van der Waals surface area contributed by atoms with Gasteiger partial charge in [0, 0.05) is 36.6 Å². The van der Waals surface area contributed by atoms with Crippen LogP contribution < -0.4 is 10.6 Å². The summed E-state index contributed by atoms with van der Waals surface area (Å²) in [7, 11) is 0. The highest BCUT2D eigenvalue weighted by molar-refractivity contribution is 5.89. The summed E-state index contributed by atoms with van der Waals surface area (Å²) in [5, 5.41) is 19.7. The van der Waals surface area contributed by atoms with Gasteiger partial charge in [0.25, 0.3) is 0 Å². The van der Waals surface area contributed by atoms with Gasteiger partial charge in [0.2, 0.25) is 0 Å². The van der Waals surface area contributed by atoms with Gasteiger partial charge in [0.15, 0.2) is 0 Å². The van der Waals surface area contributed by atoms with Crippen molar-refractivity contribution in [3.05, 3.63) is 48.3 Å². The fourth-order valence-corrected chi connectivity index (χ4v) is 3.40. The molecule has 1 saturated carbocycles. The number of anilines is 1. The molecule has 1 heterocycles. The quantitative estimate of drug-likeness (QED) is 0.731. The molecule has 3 rings (SSSR count). The summed E-state index contributed by atoms with van der Waals surface area (Å²) in [6.45, 7) is 0.840. The Balaban J connectivity index is 1.53. The molecule has 0 bridgehead atoms. The summed E-state index contributed by atoms with van der Waals surface area (Å²) in [6, 6.07) is 9.51. The predicted molar refractivity (Wildman–Crippen MR) is 97.4 cm³/mol. The average molecular weight is 342 g/mol. The van der Waals surface area contributed by atoms with Crippen molar-refractivity contribution in [3.63, 3.8) is 0 Å². The van der Waals surface area contributed by atoms with Crippen LogP contribution in [0, 0.1) is 5.92 Å². The van der Waals surface area contributed by atoms with Gasteiger partial charge in [0.1, 0.15) is 0 Å². The number of nitrogens with one attached hydrogen (secondary N) is 2. The Kier molecular flexibility index (Phi) is 6.06. The number of amides is 2. The molecule has 0 radical (unpaired) electrons. The van der Waals surface area contributed by atoms with E-state index in [1.54, 1.807) is 6.20 Å². The van der Waals surface area contributed by atoms with Gasteiger partial charge in [0.05, 0.1) is 6.54 Å². The fourth-order valence-electron chi connectivity index (χ4n) is 3.40. The molecule has 1 aliphatic rings. The normalized spacial score (nSPS) is 20.7. The highest BCUT2D eigenvalue weighted by Gasteiger charge is 2.24. The first-order valence-electron chi connectivity index (χ1n) is 8.99. The number of nitrogens with zero attached hydrogens (tertiary/aromatic N) is 2. The van der Waals surface area contributed by atoms with Gasteiger partial charge in [-0.2, -0.15) is 5.10 Å². The summed E-state index contributed by atoms with van der Waals surface area (Å²) in [5.74, 6) is 0.157. The fraction of sp³-hybridized carbons (Fsp3) is 0.474. The Morgan fingerprint density at radius 3 is 2.72 bits per heavy atom. The molecule has 0 aliphatic heterocycles. The van der Waals surface area contributed by atoms with Gasteiger partial charge in [-0.05, 0) is 36.6 Å². The third-order valence-electron chi connectivity index (χ3n) is 4.83. The SMILES string of the molecule is O=C(Nc1ccc(Cn2cccn2)cc1)NC1CCCCCC1CO. The number of rotatable bonds is 5. The molecule has 0 saturated heterocycles. The second-order valence-corrected chi connectivity index (χ2v) is 6.69. The van der Waals surface area contributed by atoms with E-state index in [2.05, 4.69) is 15.7 Å². The van der Waals surface area contributed by atoms with E-state index in [0.717, 1.165) is 36.9 Å². The third kappa shape index (κ3) is 5.06. The van der Waals surface area contributed by atoms with Gasteiger partial charge >= 0.3 is 6.03 Å². The molecular weight excluding hydrogens is 316 g/mol. The first-order valence-corrected chi connectivity index (χ1v) is 8.99. The number of aliphatic hydroxyl groups excluding tert-OH is 1. The zero-order valence-corrected chi connectivity index (χ0v) is 14.4. The molecule has 25 heavy (non-hydrogen) atoms. The molecule has 1 aromatic heterocycles. The van der Waals surface area contributed by atoms with Crippen LogP contribution in [0.15, 0.2) is 42.7 Å². The topological polar surface area (TPSA) is 79.2 Å². The second-order valence-electron chi connectivity index (χ2n) is 6.69.